The fourth-order valence-corrected chi connectivity index (χ4v) is 2.59. The lowest BCUT2D eigenvalue weighted by Gasteiger charge is -2.11. The lowest BCUT2D eigenvalue weighted by atomic mass is 10.1. The largest absolute Gasteiger partial charge is 0.493 e. The molecule has 2 rings (SSSR count). The van der Waals surface area contributed by atoms with Crippen molar-refractivity contribution in [3.8, 4) is 17.2 Å². The molecular formula is C22H27NO6. The molecule has 29 heavy (non-hydrogen) atoms. The van der Waals surface area contributed by atoms with Crippen LogP contribution in [0.5, 0.6) is 17.2 Å². The van der Waals surface area contributed by atoms with Crippen LogP contribution < -0.4 is 19.5 Å². The van der Waals surface area contributed by atoms with Gasteiger partial charge in [-0.2, -0.15) is 0 Å². The number of ether oxygens (including phenoxy) is 4. The molecule has 0 bridgehead atoms. The third-order valence-corrected chi connectivity index (χ3v) is 3.98. The van der Waals surface area contributed by atoms with Crippen molar-refractivity contribution in [1.82, 2.24) is 5.32 Å². The number of nitrogens with one attached hydrogen (secondary N) is 1. The fourth-order valence-electron chi connectivity index (χ4n) is 2.59. The summed E-state index contributed by atoms with van der Waals surface area (Å²) in [6.45, 7) is 3.92. The second-order valence-corrected chi connectivity index (χ2v) is 6.56. The summed E-state index contributed by atoms with van der Waals surface area (Å²) in [5.41, 5.74) is 1.35. The molecule has 0 atom stereocenters. The van der Waals surface area contributed by atoms with Crippen LogP contribution in [0.25, 0.3) is 0 Å². The average molecular weight is 401 g/mol. The number of rotatable bonds is 10. The first-order valence-electron chi connectivity index (χ1n) is 9.34. The first-order valence-corrected chi connectivity index (χ1v) is 9.34. The molecule has 1 amide bonds. The minimum atomic E-state index is -0.559. The highest BCUT2D eigenvalue weighted by Gasteiger charge is 2.11. The van der Waals surface area contributed by atoms with E-state index in [1.54, 1.807) is 38.5 Å². The van der Waals surface area contributed by atoms with Gasteiger partial charge >= 0.3 is 5.97 Å². The molecule has 2 aromatic carbocycles. The van der Waals surface area contributed by atoms with E-state index >= 15 is 0 Å². The summed E-state index contributed by atoms with van der Waals surface area (Å²) in [6, 6.07) is 12.2. The second kappa shape index (κ2) is 10.9. The molecule has 0 aliphatic heterocycles. The molecule has 7 nitrogen and oxygen atoms in total. The highest BCUT2D eigenvalue weighted by atomic mass is 16.5. The van der Waals surface area contributed by atoms with Crippen molar-refractivity contribution in [2.45, 2.75) is 26.4 Å². The van der Waals surface area contributed by atoms with Crippen LogP contribution in [0.4, 0.5) is 0 Å². The number of esters is 1. The molecule has 0 unspecified atom stereocenters. The van der Waals surface area contributed by atoms with Crippen LogP contribution in [0.2, 0.25) is 0 Å². The van der Waals surface area contributed by atoms with Crippen LogP contribution in [0.1, 0.15) is 29.8 Å². The van der Waals surface area contributed by atoms with Crippen molar-refractivity contribution in [3.63, 3.8) is 0 Å². The lowest BCUT2D eigenvalue weighted by Crippen LogP contribution is -2.30. The number of carbonyl (C=O) groups is 2. The van der Waals surface area contributed by atoms with E-state index in [4.69, 9.17) is 18.9 Å². The number of methoxy groups -OCH3 is 2. The fraction of sp³-hybridized carbons (Fsp3) is 0.364. The van der Waals surface area contributed by atoms with Crippen LogP contribution in [0.15, 0.2) is 42.5 Å². The molecule has 156 valence electrons. The summed E-state index contributed by atoms with van der Waals surface area (Å²) < 4.78 is 21.0. The van der Waals surface area contributed by atoms with E-state index in [-0.39, 0.29) is 18.6 Å². The molecular weight excluding hydrogens is 374 g/mol. The van der Waals surface area contributed by atoms with Crippen LogP contribution in [0.3, 0.4) is 0 Å². The van der Waals surface area contributed by atoms with Crippen molar-refractivity contribution in [2.24, 2.45) is 0 Å². The first-order chi connectivity index (χ1) is 13.9. The van der Waals surface area contributed by atoms with Gasteiger partial charge in [0.15, 0.2) is 18.1 Å². The molecule has 2 aromatic rings. The van der Waals surface area contributed by atoms with Crippen molar-refractivity contribution in [1.29, 1.82) is 0 Å². The summed E-state index contributed by atoms with van der Waals surface area (Å²) in [7, 11) is 3.15. The van der Waals surface area contributed by atoms with Gasteiger partial charge in [-0.1, -0.05) is 6.07 Å². The molecule has 7 heteroatoms. The summed E-state index contributed by atoms with van der Waals surface area (Å²) in [4.78, 5) is 24.0. The number of amides is 1. The van der Waals surface area contributed by atoms with Crippen LogP contribution in [-0.4, -0.2) is 45.4 Å². The predicted octanol–water partition coefficient (Wildman–Crippen LogP) is 3.01. The Morgan fingerprint density at radius 3 is 2.28 bits per heavy atom. The Bertz CT molecular complexity index is 817. The maximum atomic E-state index is 12.0. The van der Waals surface area contributed by atoms with E-state index in [0.717, 1.165) is 5.56 Å². The molecule has 0 radical (unpaired) electrons. The van der Waals surface area contributed by atoms with E-state index in [0.29, 0.717) is 35.8 Å². The van der Waals surface area contributed by atoms with E-state index in [9.17, 15) is 9.59 Å². The Labute approximate surface area is 170 Å². The molecule has 0 saturated heterocycles. The van der Waals surface area contributed by atoms with Gasteiger partial charge in [-0.05, 0) is 62.2 Å². The average Bonchev–Trinajstić information content (AvgIpc) is 2.72. The summed E-state index contributed by atoms with van der Waals surface area (Å²) in [6.07, 6.45) is 0.660. The van der Waals surface area contributed by atoms with E-state index in [2.05, 4.69) is 5.32 Å². The molecule has 0 fully saturated rings. The number of carbonyl (C=O) groups excluding carboxylic acids is 2. The van der Waals surface area contributed by atoms with Crippen molar-refractivity contribution >= 4 is 11.9 Å². The van der Waals surface area contributed by atoms with Gasteiger partial charge in [-0.15, -0.1) is 0 Å². The van der Waals surface area contributed by atoms with Gasteiger partial charge in [0.25, 0.3) is 5.91 Å². The summed E-state index contributed by atoms with van der Waals surface area (Å²) >= 11 is 0. The van der Waals surface area contributed by atoms with E-state index in [1.807, 2.05) is 32.0 Å². The Hall–Kier alpha value is -3.22. The van der Waals surface area contributed by atoms with Gasteiger partial charge in [0.05, 0.1) is 25.9 Å². The zero-order chi connectivity index (χ0) is 21.2. The molecule has 1 N–H and O–H groups in total. The van der Waals surface area contributed by atoms with Crippen LogP contribution in [-0.2, 0) is 16.0 Å². The van der Waals surface area contributed by atoms with Crippen LogP contribution >= 0.6 is 0 Å². The second-order valence-electron chi connectivity index (χ2n) is 6.56. The topological polar surface area (TPSA) is 83.1 Å². The molecule has 0 aromatic heterocycles. The zero-order valence-electron chi connectivity index (χ0n) is 17.2. The van der Waals surface area contributed by atoms with Gasteiger partial charge in [-0.3, -0.25) is 4.79 Å². The van der Waals surface area contributed by atoms with Crippen molar-refractivity contribution < 1.29 is 28.5 Å². The minimum Gasteiger partial charge on any atom is -0.493 e. The molecule has 0 heterocycles. The highest BCUT2D eigenvalue weighted by Crippen LogP contribution is 2.27. The summed E-state index contributed by atoms with van der Waals surface area (Å²) in [5.74, 6) is 1.03. The van der Waals surface area contributed by atoms with Crippen molar-refractivity contribution in [3.05, 3.63) is 53.6 Å². The Morgan fingerprint density at radius 1 is 0.966 bits per heavy atom. The number of hydrogen-bond donors (Lipinski definition) is 1. The van der Waals surface area contributed by atoms with Gasteiger partial charge in [0.2, 0.25) is 0 Å². The normalized spacial score (nSPS) is 10.4. The molecule has 0 aliphatic rings. The van der Waals surface area contributed by atoms with E-state index in [1.165, 1.54) is 0 Å². The molecule has 0 aliphatic carbocycles. The quantitative estimate of drug-likeness (QED) is 0.616. The SMILES string of the molecule is COc1ccc(CCNC(=O)COC(=O)c2ccc(OC(C)C)cc2)cc1OC. The maximum Gasteiger partial charge on any atom is 0.338 e. The minimum absolute atomic E-state index is 0.0514. The Morgan fingerprint density at radius 2 is 1.66 bits per heavy atom. The molecule has 0 spiro atoms. The molecule has 0 saturated carbocycles. The van der Waals surface area contributed by atoms with Gasteiger partial charge in [0, 0.05) is 6.54 Å². The standard InChI is InChI=1S/C22H27NO6/c1-15(2)29-18-8-6-17(7-9-18)22(25)28-14-21(24)23-12-11-16-5-10-19(26-3)20(13-16)27-4/h5-10,13,15H,11-12,14H2,1-4H3,(H,23,24). The van der Waals surface area contributed by atoms with E-state index < -0.39 is 5.97 Å². The summed E-state index contributed by atoms with van der Waals surface area (Å²) in [5, 5.41) is 2.73. The monoisotopic (exact) mass is 401 g/mol. The Kier molecular flexibility index (Phi) is 8.33. The third-order valence-electron chi connectivity index (χ3n) is 3.98. The number of hydrogen-bond acceptors (Lipinski definition) is 6. The highest BCUT2D eigenvalue weighted by molar-refractivity contribution is 5.91. The lowest BCUT2D eigenvalue weighted by molar-refractivity contribution is -0.124. The smallest absolute Gasteiger partial charge is 0.338 e. The van der Waals surface area contributed by atoms with Gasteiger partial charge in [-0.25, -0.2) is 4.79 Å². The van der Waals surface area contributed by atoms with Gasteiger partial charge < -0.3 is 24.3 Å². The Balaban J connectivity index is 1.74. The predicted molar refractivity (Wildman–Crippen MR) is 109 cm³/mol. The van der Waals surface area contributed by atoms with Gasteiger partial charge in [0.1, 0.15) is 5.75 Å². The maximum absolute atomic E-state index is 12.0. The first kappa shape index (κ1) is 22.1. The zero-order valence-corrected chi connectivity index (χ0v) is 17.2. The number of benzene rings is 2. The third kappa shape index (κ3) is 7.03. The van der Waals surface area contributed by atoms with Crippen LogP contribution in [0, 0.1) is 0 Å². The van der Waals surface area contributed by atoms with Crippen molar-refractivity contribution in [2.75, 3.05) is 27.4 Å².